The SMILES string of the molecule is CC(C)(C)OC(=O)c1ccc(OCC(F)(F)F)nc1. The Morgan fingerprint density at radius 3 is 2.32 bits per heavy atom. The van der Waals surface area contributed by atoms with Crippen LogP contribution in [0.2, 0.25) is 0 Å². The van der Waals surface area contributed by atoms with Crippen LogP contribution in [0, 0.1) is 0 Å². The normalized spacial score (nSPS) is 12.1. The van der Waals surface area contributed by atoms with E-state index in [1.165, 1.54) is 12.1 Å². The molecule has 1 heterocycles. The van der Waals surface area contributed by atoms with Crippen LogP contribution in [0.15, 0.2) is 18.3 Å². The molecule has 0 bridgehead atoms. The first kappa shape index (κ1) is 15.3. The quantitative estimate of drug-likeness (QED) is 0.797. The first-order valence-corrected chi connectivity index (χ1v) is 5.46. The summed E-state index contributed by atoms with van der Waals surface area (Å²) < 4.78 is 45.2. The molecule has 4 nitrogen and oxygen atoms in total. The molecule has 0 unspecified atom stereocenters. The summed E-state index contributed by atoms with van der Waals surface area (Å²) in [6.45, 7) is 3.70. The number of aromatic nitrogens is 1. The molecular formula is C12H14F3NO3. The number of rotatable bonds is 3. The van der Waals surface area contributed by atoms with Gasteiger partial charge in [0.25, 0.3) is 0 Å². The van der Waals surface area contributed by atoms with E-state index < -0.39 is 24.4 Å². The highest BCUT2D eigenvalue weighted by Crippen LogP contribution is 2.18. The maximum Gasteiger partial charge on any atom is 0.422 e. The van der Waals surface area contributed by atoms with Gasteiger partial charge in [-0.2, -0.15) is 13.2 Å². The third kappa shape index (κ3) is 6.08. The van der Waals surface area contributed by atoms with Crippen molar-refractivity contribution in [1.29, 1.82) is 0 Å². The fraction of sp³-hybridized carbons (Fsp3) is 0.500. The molecule has 19 heavy (non-hydrogen) atoms. The van der Waals surface area contributed by atoms with Crippen LogP contribution in [0.4, 0.5) is 13.2 Å². The Kier molecular flexibility index (Phi) is 4.39. The first-order chi connectivity index (χ1) is 8.57. The van der Waals surface area contributed by atoms with E-state index in [1.807, 2.05) is 0 Å². The van der Waals surface area contributed by atoms with Gasteiger partial charge in [-0.3, -0.25) is 0 Å². The zero-order valence-electron chi connectivity index (χ0n) is 10.7. The van der Waals surface area contributed by atoms with Crippen molar-refractivity contribution in [3.05, 3.63) is 23.9 Å². The Morgan fingerprint density at radius 1 is 1.26 bits per heavy atom. The molecule has 0 saturated heterocycles. The molecule has 0 atom stereocenters. The van der Waals surface area contributed by atoms with E-state index in [2.05, 4.69) is 9.72 Å². The highest BCUT2D eigenvalue weighted by Gasteiger charge is 2.28. The number of hydrogen-bond donors (Lipinski definition) is 0. The number of alkyl halides is 3. The lowest BCUT2D eigenvalue weighted by Gasteiger charge is -2.19. The molecule has 0 spiro atoms. The molecule has 0 aliphatic heterocycles. The van der Waals surface area contributed by atoms with Gasteiger partial charge in [-0.05, 0) is 26.8 Å². The van der Waals surface area contributed by atoms with Crippen LogP contribution in [0.3, 0.4) is 0 Å². The van der Waals surface area contributed by atoms with Crippen LogP contribution >= 0.6 is 0 Å². The number of nitrogens with zero attached hydrogens (tertiary/aromatic N) is 1. The number of hydrogen-bond acceptors (Lipinski definition) is 4. The van der Waals surface area contributed by atoms with Crippen molar-refractivity contribution in [2.75, 3.05) is 6.61 Å². The number of halogens is 3. The van der Waals surface area contributed by atoms with Crippen molar-refractivity contribution in [1.82, 2.24) is 4.98 Å². The molecule has 0 aliphatic rings. The van der Waals surface area contributed by atoms with E-state index in [-0.39, 0.29) is 11.4 Å². The predicted molar refractivity (Wildman–Crippen MR) is 61.0 cm³/mol. The molecule has 0 N–H and O–H groups in total. The van der Waals surface area contributed by atoms with Crippen LogP contribution in [0.25, 0.3) is 0 Å². The summed E-state index contributed by atoms with van der Waals surface area (Å²) in [5.41, 5.74) is -0.503. The Balaban J connectivity index is 2.64. The van der Waals surface area contributed by atoms with Crippen LogP contribution in [-0.4, -0.2) is 29.3 Å². The van der Waals surface area contributed by atoms with Gasteiger partial charge in [0.1, 0.15) is 5.60 Å². The number of esters is 1. The Bertz CT molecular complexity index is 435. The molecular weight excluding hydrogens is 263 g/mol. The monoisotopic (exact) mass is 277 g/mol. The number of ether oxygens (including phenoxy) is 2. The van der Waals surface area contributed by atoms with Gasteiger partial charge in [0.15, 0.2) is 6.61 Å². The van der Waals surface area contributed by atoms with Crippen LogP contribution in [-0.2, 0) is 4.74 Å². The van der Waals surface area contributed by atoms with E-state index in [0.717, 1.165) is 6.20 Å². The molecule has 0 amide bonds. The fourth-order valence-corrected chi connectivity index (χ4v) is 1.08. The standard InChI is InChI=1S/C12H14F3NO3/c1-11(2,3)19-10(17)8-4-5-9(16-6-8)18-7-12(13,14)15/h4-6H,7H2,1-3H3. The molecule has 0 aromatic carbocycles. The maximum absolute atomic E-state index is 11.9. The van der Waals surface area contributed by atoms with E-state index in [1.54, 1.807) is 20.8 Å². The molecule has 0 fully saturated rings. The minimum absolute atomic E-state index is 0.147. The molecule has 7 heteroatoms. The zero-order chi connectivity index (χ0) is 14.7. The summed E-state index contributed by atoms with van der Waals surface area (Å²) in [5.74, 6) is -0.799. The Morgan fingerprint density at radius 2 is 1.89 bits per heavy atom. The van der Waals surface area contributed by atoms with Crippen molar-refractivity contribution < 1.29 is 27.4 Å². The van der Waals surface area contributed by atoms with Gasteiger partial charge in [-0.1, -0.05) is 0 Å². The average Bonchev–Trinajstić information content (AvgIpc) is 2.23. The van der Waals surface area contributed by atoms with E-state index in [4.69, 9.17) is 4.74 Å². The van der Waals surface area contributed by atoms with Gasteiger partial charge >= 0.3 is 12.1 Å². The maximum atomic E-state index is 11.9. The minimum atomic E-state index is -4.43. The number of carbonyl (C=O) groups is 1. The second kappa shape index (κ2) is 5.46. The van der Waals surface area contributed by atoms with Crippen LogP contribution < -0.4 is 4.74 Å². The van der Waals surface area contributed by atoms with Crippen LogP contribution in [0.5, 0.6) is 5.88 Å². The summed E-state index contributed by atoms with van der Waals surface area (Å²) in [4.78, 5) is 15.2. The van der Waals surface area contributed by atoms with Crippen molar-refractivity contribution >= 4 is 5.97 Å². The zero-order valence-corrected chi connectivity index (χ0v) is 10.7. The molecule has 0 radical (unpaired) electrons. The third-order valence-corrected chi connectivity index (χ3v) is 1.75. The second-order valence-corrected chi connectivity index (χ2v) is 4.79. The lowest BCUT2D eigenvalue weighted by atomic mass is 10.2. The van der Waals surface area contributed by atoms with Gasteiger partial charge in [0.2, 0.25) is 5.88 Å². The average molecular weight is 277 g/mol. The summed E-state index contributed by atoms with van der Waals surface area (Å²) in [6.07, 6.45) is -3.31. The third-order valence-electron chi connectivity index (χ3n) is 1.75. The van der Waals surface area contributed by atoms with E-state index >= 15 is 0 Å². The highest BCUT2D eigenvalue weighted by molar-refractivity contribution is 5.89. The smallest absolute Gasteiger partial charge is 0.422 e. The van der Waals surface area contributed by atoms with Crippen molar-refractivity contribution in [3.63, 3.8) is 0 Å². The van der Waals surface area contributed by atoms with Gasteiger partial charge in [-0.25, -0.2) is 9.78 Å². The van der Waals surface area contributed by atoms with Gasteiger partial charge in [0.05, 0.1) is 5.56 Å². The summed E-state index contributed by atoms with van der Waals surface area (Å²) in [5, 5.41) is 0. The highest BCUT2D eigenvalue weighted by atomic mass is 19.4. The molecule has 1 rings (SSSR count). The van der Waals surface area contributed by atoms with Gasteiger partial charge in [-0.15, -0.1) is 0 Å². The second-order valence-electron chi connectivity index (χ2n) is 4.79. The Labute approximate surface area is 108 Å². The number of pyridine rings is 1. The summed E-state index contributed by atoms with van der Waals surface area (Å²) in [7, 11) is 0. The lowest BCUT2D eigenvalue weighted by molar-refractivity contribution is -0.154. The van der Waals surface area contributed by atoms with E-state index in [0.29, 0.717) is 0 Å². The van der Waals surface area contributed by atoms with Crippen molar-refractivity contribution in [2.24, 2.45) is 0 Å². The van der Waals surface area contributed by atoms with Gasteiger partial charge < -0.3 is 9.47 Å². The van der Waals surface area contributed by atoms with Gasteiger partial charge in [0, 0.05) is 12.3 Å². The molecule has 1 aromatic heterocycles. The van der Waals surface area contributed by atoms with Crippen LogP contribution in [0.1, 0.15) is 31.1 Å². The predicted octanol–water partition coefficient (Wildman–Crippen LogP) is 2.98. The fourth-order valence-electron chi connectivity index (χ4n) is 1.08. The van der Waals surface area contributed by atoms with Crippen molar-refractivity contribution in [2.45, 2.75) is 32.5 Å². The molecule has 1 aromatic rings. The van der Waals surface area contributed by atoms with E-state index in [9.17, 15) is 18.0 Å². The molecule has 0 saturated carbocycles. The summed E-state index contributed by atoms with van der Waals surface area (Å²) >= 11 is 0. The summed E-state index contributed by atoms with van der Waals surface area (Å²) in [6, 6.07) is 2.48. The molecule has 0 aliphatic carbocycles. The lowest BCUT2D eigenvalue weighted by Crippen LogP contribution is -2.24. The van der Waals surface area contributed by atoms with Crippen molar-refractivity contribution in [3.8, 4) is 5.88 Å². The Hall–Kier alpha value is -1.79. The topological polar surface area (TPSA) is 48.4 Å². The number of carbonyl (C=O) groups excluding carboxylic acids is 1. The largest absolute Gasteiger partial charge is 0.468 e. The molecule has 106 valence electrons. The first-order valence-electron chi connectivity index (χ1n) is 5.46. The minimum Gasteiger partial charge on any atom is -0.468 e.